The molecule has 0 aromatic heterocycles. The van der Waals surface area contributed by atoms with Crippen molar-refractivity contribution in [2.75, 3.05) is 24.5 Å². The molecule has 1 aromatic carbocycles. The Morgan fingerprint density at radius 2 is 1.86 bits per heavy atom. The molecule has 7 nitrogen and oxygen atoms in total. The lowest BCUT2D eigenvalue weighted by Crippen LogP contribution is -2.37. The van der Waals surface area contributed by atoms with Gasteiger partial charge in [0.05, 0.1) is 4.90 Å². The fourth-order valence-electron chi connectivity index (χ4n) is 4.31. The minimum Gasteiger partial charge on any atom is -0.343 e. The van der Waals surface area contributed by atoms with Gasteiger partial charge in [-0.15, -0.1) is 0 Å². The molecule has 2 amide bonds. The molecule has 1 saturated heterocycles. The molecule has 8 heteroatoms. The summed E-state index contributed by atoms with van der Waals surface area (Å²) in [6.45, 7) is 3.63. The molecule has 4 rings (SSSR count). The molecule has 1 aliphatic carbocycles. The quantitative estimate of drug-likeness (QED) is 0.765. The number of sulfonamides is 1. The van der Waals surface area contributed by atoms with Crippen LogP contribution < -0.4 is 9.62 Å². The highest BCUT2D eigenvalue weighted by molar-refractivity contribution is 7.89. The van der Waals surface area contributed by atoms with Crippen molar-refractivity contribution >= 4 is 27.5 Å². The molecule has 3 aliphatic rings. The van der Waals surface area contributed by atoms with Crippen LogP contribution in [0.1, 0.15) is 51.0 Å². The zero-order chi connectivity index (χ0) is 20.6. The molecule has 0 bridgehead atoms. The zero-order valence-electron chi connectivity index (χ0n) is 16.9. The van der Waals surface area contributed by atoms with Gasteiger partial charge in [0, 0.05) is 43.7 Å². The number of anilines is 1. The smallest absolute Gasteiger partial charge is 0.240 e. The maximum Gasteiger partial charge on any atom is 0.240 e. The van der Waals surface area contributed by atoms with Gasteiger partial charge in [0.2, 0.25) is 21.8 Å². The topological polar surface area (TPSA) is 86.8 Å². The number of benzene rings is 1. The molecule has 158 valence electrons. The third kappa shape index (κ3) is 4.33. The number of nitrogens with zero attached hydrogens (tertiary/aromatic N) is 2. The first-order valence-corrected chi connectivity index (χ1v) is 12.1. The average molecular weight is 420 g/mol. The van der Waals surface area contributed by atoms with Gasteiger partial charge < -0.3 is 9.80 Å². The number of likely N-dealkylation sites (tertiary alicyclic amines) is 1. The molecule has 1 unspecified atom stereocenters. The monoisotopic (exact) mass is 419 g/mol. The first-order chi connectivity index (χ1) is 13.9. The highest BCUT2D eigenvalue weighted by atomic mass is 32.2. The van der Waals surface area contributed by atoms with E-state index >= 15 is 0 Å². The van der Waals surface area contributed by atoms with Gasteiger partial charge in [-0.3, -0.25) is 9.59 Å². The van der Waals surface area contributed by atoms with Crippen molar-refractivity contribution in [2.45, 2.75) is 62.8 Å². The summed E-state index contributed by atoms with van der Waals surface area (Å²) in [6.07, 6.45) is 5.91. The summed E-state index contributed by atoms with van der Waals surface area (Å²) in [5.41, 5.74) is 1.72. The summed E-state index contributed by atoms with van der Waals surface area (Å²) < 4.78 is 27.9. The van der Waals surface area contributed by atoms with E-state index in [1.165, 1.54) is 0 Å². The number of fused-ring (bicyclic) bond motifs is 1. The lowest BCUT2D eigenvalue weighted by Gasteiger charge is -2.26. The van der Waals surface area contributed by atoms with Gasteiger partial charge >= 0.3 is 0 Å². The number of rotatable bonds is 6. The lowest BCUT2D eigenvalue weighted by atomic mass is 10.1. The van der Waals surface area contributed by atoms with E-state index in [0.717, 1.165) is 56.4 Å². The molecule has 1 N–H and O–H groups in total. The second-order valence-electron chi connectivity index (χ2n) is 8.42. The van der Waals surface area contributed by atoms with Gasteiger partial charge in [-0.1, -0.05) is 0 Å². The molecule has 1 saturated carbocycles. The van der Waals surface area contributed by atoms with Crippen molar-refractivity contribution < 1.29 is 18.0 Å². The van der Waals surface area contributed by atoms with E-state index in [9.17, 15) is 18.0 Å². The van der Waals surface area contributed by atoms with E-state index in [1.807, 2.05) is 16.7 Å². The fourth-order valence-corrected chi connectivity index (χ4v) is 5.40. The maximum atomic E-state index is 12.7. The highest BCUT2D eigenvalue weighted by Gasteiger charge is 2.39. The maximum absolute atomic E-state index is 12.7. The molecule has 1 atom stereocenters. The van der Waals surface area contributed by atoms with Gasteiger partial charge in [-0.2, -0.15) is 0 Å². The Morgan fingerprint density at radius 3 is 2.55 bits per heavy atom. The normalized spacial score (nSPS) is 21.9. The first-order valence-electron chi connectivity index (χ1n) is 10.6. The highest BCUT2D eigenvalue weighted by Crippen LogP contribution is 2.39. The van der Waals surface area contributed by atoms with Crippen LogP contribution in [-0.4, -0.2) is 50.8 Å². The molecule has 29 heavy (non-hydrogen) atoms. The Hall–Kier alpha value is -1.93. The van der Waals surface area contributed by atoms with Crippen molar-refractivity contribution in [1.29, 1.82) is 0 Å². The first kappa shape index (κ1) is 20.3. The molecule has 0 radical (unpaired) electrons. The zero-order valence-corrected chi connectivity index (χ0v) is 17.7. The lowest BCUT2D eigenvalue weighted by molar-refractivity contribution is -0.131. The molecule has 0 spiro atoms. The van der Waals surface area contributed by atoms with Crippen LogP contribution in [0.25, 0.3) is 0 Å². The number of hydrogen-bond acceptors (Lipinski definition) is 4. The van der Waals surface area contributed by atoms with E-state index < -0.39 is 10.0 Å². The Labute approximate surface area is 172 Å². The van der Waals surface area contributed by atoms with Crippen LogP contribution in [0, 0.1) is 5.92 Å². The van der Waals surface area contributed by atoms with Gasteiger partial charge in [0.15, 0.2) is 0 Å². The molecule has 2 heterocycles. The fraction of sp³-hybridized carbons (Fsp3) is 0.619. The SMILES string of the molecule is CC1Cc2cc(S(=O)(=O)NCCC(=O)N3CCCCC3)ccc2N1C(=O)C1CC1. The van der Waals surface area contributed by atoms with Crippen molar-refractivity contribution in [1.82, 2.24) is 9.62 Å². The Morgan fingerprint density at radius 1 is 1.14 bits per heavy atom. The largest absolute Gasteiger partial charge is 0.343 e. The molecular weight excluding hydrogens is 390 g/mol. The van der Waals surface area contributed by atoms with Gasteiger partial charge in [-0.05, 0) is 69.2 Å². The summed E-state index contributed by atoms with van der Waals surface area (Å²) in [7, 11) is -3.69. The van der Waals surface area contributed by atoms with E-state index in [-0.39, 0.29) is 41.6 Å². The third-order valence-corrected chi connectivity index (χ3v) is 7.54. The van der Waals surface area contributed by atoms with E-state index in [2.05, 4.69) is 4.72 Å². The van der Waals surface area contributed by atoms with E-state index in [0.29, 0.717) is 6.42 Å². The van der Waals surface area contributed by atoms with Crippen LogP contribution in [0.4, 0.5) is 5.69 Å². The summed E-state index contributed by atoms with van der Waals surface area (Å²) in [5.74, 6) is 0.288. The number of hydrogen-bond donors (Lipinski definition) is 1. The Kier molecular flexibility index (Phi) is 5.66. The van der Waals surface area contributed by atoms with Crippen LogP contribution in [0.3, 0.4) is 0 Å². The predicted octanol–water partition coefficient (Wildman–Crippen LogP) is 2.06. The van der Waals surface area contributed by atoms with Crippen LogP contribution in [0.2, 0.25) is 0 Å². The number of piperidine rings is 1. The summed E-state index contributed by atoms with van der Waals surface area (Å²) in [6, 6.07) is 5.01. The standard InChI is InChI=1S/C21H29N3O4S/c1-15-13-17-14-18(7-8-19(17)24(15)21(26)16-5-6-16)29(27,28)22-10-9-20(25)23-11-3-2-4-12-23/h7-8,14-16,22H,2-6,9-13H2,1H3. The minimum absolute atomic E-state index is 0.00408. The molecular formula is C21H29N3O4S. The van der Waals surface area contributed by atoms with Gasteiger partial charge in [0.1, 0.15) is 0 Å². The van der Waals surface area contributed by atoms with E-state index in [1.54, 1.807) is 18.2 Å². The molecule has 1 aromatic rings. The van der Waals surface area contributed by atoms with Crippen LogP contribution in [0.15, 0.2) is 23.1 Å². The third-order valence-electron chi connectivity index (χ3n) is 6.08. The van der Waals surface area contributed by atoms with Crippen molar-refractivity contribution in [3.05, 3.63) is 23.8 Å². The molecule has 2 fully saturated rings. The van der Waals surface area contributed by atoms with E-state index in [4.69, 9.17) is 0 Å². The average Bonchev–Trinajstić information content (AvgIpc) is 3.50. The van der Waals surface area contributed by atoms with Crippen LogP contribution in [-0.2, 0) is 26.0 Å². The Balaban J connectivity index is 1.39. The summed E-state index contributed by atoms with van der Waals surface area (Å²) in [5, 5.41) is 0. The molecule has 2 aliphatic heterocycles. The predicted molar refractivity (Wildman–Crippen MR) is 110 cm³/mol. The van der Waals surface area contributed by atoms with Crippen LogP contribution >= 0.6 is 0 Å². The van der Waals surface area contributed by atoms with Crippen molar-refractivity contribution in [2.24, 2.45) is 5.92 Å². The summed E-state index contributed by atoms with van der Waals surface area (Å²) >= 11 is 0. The second-order valence-corrected chi connectivity index (χ2v) is 10.2. The number of amides is 2. The summed E-state index contributed by atoms with van der Waals surface area (Å²) in [4.78, 5) is 28.6. The number of carbonyl (C=O) groups excluding carboxylic acids is 2. The second kappa shape index (κ2) is 8.07. The van der Waals surface area contributed by atoms with Crippen LogP contribution in [0.5, 0.6) is 0 Å². The van der Waals surface area contributed by atoms with Crippen molar-refractivity contribution in [3.8, 4) is 0 Å². The Bertz CT molecular complexity index is 905. The van der Waals surface area contributed by atoms with Crippen molar-refractivity contribution in [3.63, 3.8) is 0 Å². The minimum atomic E-state index is -3.69. The number of nitrogens with one attached hydrogen (secondary N) is 1. The van der Waals surface area contributed by atoms with Gasteiger partial charge in [0.25, 0.3) is 0 Å². The number of carbonyl (C=O) groups is 2. The van der Waals surface area contributed by atoms with Gasteiger partial charge in [-0.25, -0.2) is 13.1 Å².